The van der Waals surface area contributed by atoms with Gasteiger partial charge in [0.25, 0.3) is 0 Å². The third kappa shape index (κ3) is 1.43. The van der Waals surface area contributed by atoms with Crippen molar-refractivity contribution in [3.8, 4) is 0 Å². The van der Waals surface area contributed by atoms with Crippen LogP contribution in [0.3, 0.4) is 0 Å². The lowest BCUT2D eigenvalue weighted by Gasteiger charge is -1.90. The van der Waals surface area contributed by atoms with E-state index in [1.807, 2.05) is 0 Å². The van der Waals surface area contributed by atoms with Gasteiger partial charge in [0.15, 0.2) is 0 Å². The topological polar surface area (TPSA) is 46.0 Å². The highest BCUT2D eigenvalue weighted by molar-refractivity contribution is 4.95. The van der Waals surface area contributed by atoms with E-state index in [0.717, 1.165) is 0 Å². The number of hydrogen-bond acceptors (Lipinski definition) is 3. The number of hydrogen-bond donors (Lipinski definition) is 1. The minimum Gasteiger partial charge on any atom is -0.390 e. The van der Waals surface area contributed by atoms with Crippen LogP contribution in [0, 0.1) is 6.08 Å². The Kier molecular flexibility index (Phi) is 1.69. The molecule has 0 aliphatic rings. The van der Waals surface area contributed by atoms with E-state index in [-0.39, 0.29) is 6.61 Å². The minimum absolute atomic E-state index is 0.251. The molecular weight excluding hydrogens is 123 g/mol. The van der Waals surface area contributed by atoms with Crippen LogP contribution < -0.4 is 0 Å². The molecule has 0 saturated heterocycles. The van der Waals surface area contributed by atoms with Gasteiger partial charge in [-0.05, 0) is 6.07 Å². The van der Waals surface area contributed by atoms with Crippen LogP contribution in [0.1, 0.15) is 5.69 Å². The highest BCUT2D eigenvalue weighted by Crippen LogP contribution is 1.91. The summed E-state index contributed by atoms with van der Waals surface area (Å²) in [4.78, 5) is 6.46. The van der Waals surface area contributed by atoms with E-state index in [2.05, 4.69) is 9.97 Å². The number of aliphatic hydroxyl groups is 1. The molecule has 0 aliphatic carbocycles. The Morgan fingerprint density at radius 1 is 1.67 bits per heavy atom. The molecule has 9 heavy (non-hydrogen) atoms. The molecular formula is C5H5FN2O. The first kappa shape index (κ1) is 6.10. The summed E-state index contributed by atoms with van der Waals surface area (Å²) in [5.74, 6) is 0. The van der Waals surface area contributed by atoms with Crippen molar-refractivity contribution in [3.05, 3.63) is 24.0 Å². The summed E-state index contributed by atoms with van der Waals surface area (Å²) in [5.41, 5.74) is 0.294. The van der Waals surface area contributed by atoms with Crippen molar-refractivity contribution in [1.29, 1.82) is 0 Å². The second-order valence-corrected chi connectivity index (χ2v) is 1.48. The smallest absolute Gasteiger partial charge is 0.308 e. The lowest BCUT2D eigenvalue weighted by atomic mass is 10.4. The van der Waals surface area contributed by atoms with Gasteiger partial charge in [0.1, 0.15) is 0 Å². The highest BCUT2D eigenvalue weighted by atomic mass is 19.1. The van der Waals surface area contributed by atoms with E-state index in [4.69, 9.17) is 5.11 Å². The molecule has 0 fully saturated rings. The summed E-state index contributed by atoms with van der Waals surface area (Å²) in [6, 6.07) is 1.45. The summed E-state index contributed by atoms with van der Waals surface area (Å²) in [5, 5.41) is 8.41. The van der Waals surface area contributed by atoms with Crippen LogP contribution in [0.5, 0.6) is 0 Å². The van der Waals surface area contributed by atoms with Crippen molar-refractivity contribution < 1.29 is 9.50 Å². The summed E-state index contributed by atoms with van der Waals surface area (Å²) in [6.07, 6.45) is 0.454. The summed E-state index contributed by atoms with van der Waals surface area (Å²) < 4.78 is 12.0. The van der Waals surface area contributed by atoms with E-state index in [1.165, 1.54) is 12.3 Å². The molecule has 0 radical (unpaired) electrons. The fourth-order valence-corrected chi connectivity index (χ4v) is 0.458. The molecule has 1 aromatic heterocycles. The molecule has 0 aromatic carbocycles. The van der Waals surface area contributed by atoms with E-state index < -0.39 is 6.08 Å². The first-order valence-electron chi connectivity index (χ1n) is 2.41. The molecule has 1 aromatic rings. The molecule has 0 atom stereocenters. The highest BCUT2D eigenvalue weighted by Gasteiger charge is 1.92. The fraction of sp³-hybridized carbons (Fsp3) is 0.200. The average molecular weight is 128 g/mol. The van der Waals surface area contributed by atoms with Crippen molar-refractivity contribution in [3.63, 3.8) is 0 Å². The van der Waals surface area contributed by atoms with Crippen molar-refractivity contribution in [1.82, 2.24) is 9.97 Å². The largest absolute Gasteiger partial charge is 0.390 e. The van der Waals surface area contributed by atoms with Crippen LogP contribution in [-0.4, -0.2) is 15.1 Å². The standard InChI is InChI=1S/C5H5FN2O/c6-5-7-2-1-4(3-9)8-5/h1-2,9H,3H2. The summed E-state index contributed by atoms with van der Waals surface area (Å²) in [7, 11) is 0. The molecule has 0 spiro atoms. The molecule has 0 unspecified atom stereocenters. The van der Waals surface area contributed by atoms with Gasteiger partial charge in [-0.2, -0.15) is 4.39 Å². The van der Waals surface area contributed by atoms with Crippen LogP contribution in [0.25, 0.3) is 0 Å². The van der Waals surface area contributed by atoms with Crippen LogP contribution in [0.4, 0.5) is 4.39 Å². The van der Waals surface area contributed by atoms with Crippen molar-refractivity contribution in [2.24, 2.45) is 0 Å². The molecule has 0 bridgehead atoms. The molecule has 1 rings (SSSR count). The number of halogens is 1. The lowest BCUT2D eigenvalue weighted by Crippen LogP contribution is -1.93. The predicted octanol–water partition coefficient (Wildman–Crippen LogP) is 0.108. The quantitative estimate of drug-likeness (QED) is 0.546. The van der Waals surface area contributed by atoms with Crippen LogP contribution in [0.2, 0.25) is 0 Å². The normalized spacial score (nSPS) is 9.56. The molecule has 0 saturated carbocycles. The number of rotatable bonds is 1. The Morgan fingerprint density at radius 3 is 2.89 bits per heavy atom. The van der Waals surface area contributed by atoms with Gasteiger partial charge < -0.3 is 5.11 Å². The van der Waals surface area contributed by atoms with Crippen molar-refractivity contribution in [2.45, 2.75) is 6.61 Å². The van der Waals surface area contributed by atoms with E-state index in [9.17, 15) is 4.39 Å². The Hall–Kier alpha value is -1.03. The molecule has 0 amide bonds. The van der Waals surface area contributed by atoms with Gasteiger partial charge in [-0.25, -0.2) is 9.97 Å². The van der Waals surface area contributed by atoms with Gasteiger partial charge in [0.2, 0.25) is 0 Å². The molecule has 4 heteroatoms. The maximum atomic E-state index is 12.0. The van der Waals surface area contributed by atoms with Gasteiger partial charge >= 0.3 is 6.08 Å². The summed E-state index contributed by atoms with van der Waals surface area (Å²) in [6.45, 7) is -0.251. The van der Waals surface area contributed by atoms with Gasteiger partial charge in [0, 0.05) is 6.20 Å². The zero-order valence-corrected chi connectivity index (χ0v) is 4.58. The zero-order chi connectivity index (χ0) is 6.69. The monoisotopic (exact) mass is 128 g/mol. The number of aliphatic hydroxyl groups excluding tert-OH is 1. The van der Waals surface area contributed by atoms with E-state index >= 15 is 0 Å². The minimum atomic E-state index is -0.804. The third-order valence-electron chi connectivity index (χ3n) is 0.846. The average Bonchev–Trinajstić information content (AvgIpc) is 1.88. The van der Waals surface area contributed by atoms with Gasteiger partial charge in [-0.3, -0.25) is 0 Å². The number of nitrogens with zero attached hydrogens (tertiary/aromatic N) is 2. The SMILES string of the molecule is OCc1ccnc(F)n1. The fourth-order valence-electron chi connectivity index (χ4n) is 0.458. The van der Waals surface area contributed by atoms with Crippen LogP contribution in [-0.2, 0) is 6.61 Å². The van der Waals surface area contributed by atoms with Gasteiger partial charge in [-0.15, -0.1) is 0 Å². The van der Waals surface area contributed by atoms with E-state index in [1.54, 1.807) is 0 Å². The van der Waals surface area contributed by atoms with E-state index in [0.29, 0.717) is 5.69 Å². The molecule has 1 N–H and O–H groups in total. The summed E-state index contributed by atoms with van der Waals surface area (Å²) >= 11 is 0. The van der Waals surface area contributed by atoms with Crippen molar-refractivity contribution >= 4 is 0 Å². The Morgan fingerprint density at radius 2 is 2.44 bits per heavy atom. The first-order chi connectivity index (χ1) is 4.33. The van der Waals surface area contributed by atoms with Gasteiger partial charge in [0.05, 0.1) is 12.3 Å². The lowest BCUT2D eigenvalue weighted by molar-refractivity contribution is 0.274. The zero-order valence-electron chi connectivity index (χ0n) is 4.58. The molecule has 0 aliphatic heterocycles. The van der Waals surface area contributed by atoms with Gasteiger partial charge in [-0.1, -0.05) is 0 Å². The van der Waals surface area contributed by atoms with Crippen LogP contribution >= 0.6 is 0 Å². The predicted molar refractivity (Wildman–Crippen MR) is 27.9 cm³/mol. The molecule has 48 valence electrons. The maximum absolute atomic E-state index is 12.0. The number of aromatic nitrogens is 2. The Labute approximate surface area is 51.2 Å². The Balaban J connectivity index is 2.94. The van der Waals surface area contributed by atoms with Crippen LogP contribution in [0.15, 0.2) is 12.3 Å². The molecule has 1 heterocycles. The second kappa shape index (κ2) is 2.50. The first-order valence-corrected chi connectivity index (χ1v) is 2.41. The maximum Gasteiger partial charge on any atom is 0.308 e. The molecule has 3 nitrogen and oxygen atoms in total. The van der Waals surface area contributed by atoms with Crippen molar-refractivity contribution in [2.75, 3.05) is 0 Å². The Bertz CT molecular complexity index is 204. The third-order valence-corrected chi connectivity index (χ3v) is 0.846. The second-order valence-electron chi connectivity index (χ2n) is 1.48.